The molecule has 134 valence electrons. The fourth-order valence-corrected chi connectivity index (χ4v) is 4.05. The van der Waals surface area contributed by atoms with Gasteiger partial charge in [0.2, 0.25) is 5.91 Å². The number of carbonyl (C=O) groups excluding carboxylic acids is 2. The minimum Gasteiger partial charge on any atom is -0.492 e. The molecule has 0 unspecified atom stereocenters. The van der Waals surface area contributed by atoms with Crippen molar-refractivity contribution in [2.45, 2.75) is 13.0 Å². The number of ether oxygens (including phenoxy) is 1. The van der Waals surface area contributed by atoms with Crippen LogP contribution in [-0.4, -0.2) is 41.5 Å². The second-order valence-electron chi connectivity index (χ2n) is 6.39. The highest BCUT2D eigenvalue weighted by molar-refractivity contribution is 8.14. The molecule has 0 radical (unpaired) electrons. The fraction of sp³-hybridized carbons (Fsp3) is 0.300. The number of nitrogens with zero attached hydrogens (tertiary/aromatic N) is 2. The first-order valence-electron chi connectivity index (χ1n) is 8.72. The Morgan fingerprint density at radius 3 is 2.62 bits per heavy atom. The summed E-state index contributed by atoms with van der Waals surface area (Å²) in [4.78, 5) is 27.0. The SMILES string of the molecule is O=C1CSC(=O)N1Cc1ccc(OCCN2CCc3ccccc32)cc1. The lowest BCUT2D eigenvalue weighted by atomic mass is 10.2. The number of hydrogen-bond acceptors (Lipinski definition) is 5. The molecular weight excluding hydrogens is 348 g/mol. The van der Waals surface area contributed by atoms with E-state index in [0.717, 1.165) is 42.6 Å². The van der Waals surface area contributed by atoms with Crippen molar-refractivity contribution in [3.63, 3.8) is 0 Å². The Labute approximate surface area is 156 Å². The van der Waals surface area contributed by atoms with Crippen molar-refractivity contribution in [3.05, 3.63) is 59.7 Å². The van der Waals surface area contributed by atoms with Crippen molar-refractivity contribution in [2.24, 2.45) is 0 Å². The maximum atomic E-state index is 11.7. The molecule has 0 spiro atoms. The number of anilines is 1. The van der Waals surface area contributed by atoms with Gasteiger partial charge in [0.15, 0.2) is 0 Å². The van der Waals surface area contributed by atoms with E-state index in [1.165, 1.54) is 16.2 Å². The van der Waals surface area contributed by atoms with Crippen LogP contribution in [0.1, 0.15) is 11.1 Å². The monoisotopic (exact) mass is 368 g/mol. The summed E-state index contributed by atoms with van der Waals surface area (Å²) in [7, 11) is 0. The molecule has 0 bridgehead atoms. The predicted molar refractivity (Wildman–Crippen MR) is 103 cm³/mol. The van der Waals surface area contributed by atoms with Gasteiger partial charge in [0, 0.05) is 12.2 Å². The second-order valence-corrected chi connectivity index (χ2v) is 7.32. The van der Waals surface area contributed by atoms with Gasteiger partial charge in [-0.2, -0.15) is 0 Å². The van der Waals surface area contributed by atoms with E-state index in [-0.39, 0.29) is 16.9 Å². The van der Waals surface area contributed by atoms with E-state index >= 15 is 0 Å². The van der Waals surface area contributed by atoms with E-state index in [2.05, 4.69) is 29.2 Å². The van der Waals surface area contributed by atoms with E-state index in [1.807, 2.05) is 24.3 Å². The third kappa shape index (κ3) is 3.55. The summed E-state index contributed by atoms with van der Waals surface area (Å²) in [6.07, 6.45) is 1.09. The Balaban J connectivity index is 1.28. The standard InChI is InChI=1S/C20H20N2O3S/c23-19-14-26-20(24)22(19)13-15-5-7-17(8-6-15)25-12-11-21-10-9-16-3-1-2-4-18(16)21/h1-8H,9-14H2. The first-order valence-corrected chi connectivity index (χ1v) is 9.71. The molecule has 0 atom stereocenters. The van der Waals surface area contributed by atoms with Crippen LogP contribution in [-0.2, 0) is 17.8 Å². The summed E-state index contributed by atoms with van der Waals surface area (Å²) in [6.45, 7) is 2.84. The average molecular weight is 368 g/mol. The summed E-state index contributed by atoms with van der Waals surface area (Å²) in [5, 5.41) is -0.166. The van der Waals surface area contributed by atoms with Gasteiger partial charge < -0.3 is 9.64 Å². The minimum atomic E-state index is -0.166. The van der Waals surface area contributed by atoms with Crippen molar-refractivity contribution < 1.29 is 14.3 Å². The number of benzene rings is 2. The van der Waals surface area contributed by atoms with E-state index < -0.39 is 0 Å². The maximum absolute atomic E-state index is 11.7. The van der Waals surface area contributed by atoms with Crippen molar-refractivity contribution in [1.29, 1.82) is 0 Å². The smallest absolute Gasteiger partial charge is 0.289 e. The number of para-hydroxylation sites is 1. The number of fused-ring (bicyclic) bond motifs is 1. The lowest BCUT2D eigenvalue weighted by Gasteiger charge is -2.19. The fourth-order valence-electron chi connectivity index (χ4n) is 3.32. The molecule has 2 heterocycles. The van der Waals surface area contributed by atoms with Gasteiger partial charge in [0.05, 0.1) is 18.8 Å². The van der Waals surface area contributed by atoms with E-state index in [0.29, 0.717) is 13.2 Å². The van der Waals surface area contributed by atoms with Crippen molar-refractivity contribution >= 4 is 28.6 Å². The molecule has 1 saturated heterocycles. The van der Waals surface area contributed by atoms with Gasteiger partial charge >= 0.3 is 0 Å². The van der Waals surface area contributed by atoms with Crippen LogP contribution in [0.5, 0.6) is 5.75 Å². The Kier molecular flexibility index (Phi) is 4.84. The van der Waals surface area contributed by atoms with Crippen LogP contribution in [0.4, 0.5) is 10.5 Å². The number of thioether (sulfide) groups is 1. The second kappa shape index (κ2) is 7.41. The highest BCUT2D eigenvalue weighted by atomic mass is 32.2. The Morgan fingerprint density at radius 1 is 1.04 bits per heavy atom. The van der Waals surface area contributed by atoms with E-state index in [4.69, 9.17) is 4.74 Å². The lowest BCUT2D eigenvalue weighted by Crippen LogP contribution is -2.27. The summed E-state index contributed by atoms with van der Waals surface area (Å²) >= 11 is 1.06. The van der Waals surface area contributed by atoms with Crippen molar-refractivity contribution in [2.75, 3.05) is 30.3 Å². The topological polar surface area (TPSA) is 49.9 Å². The van der Waals surface area contributed by atoms with Gasteiger partial charge in [-0.3, -0.25) is 14.5 Å². The highest BCUT2D eigenvalue weighted by Gasteiger charge is 2.29. The third-order valence-electron chi connectivity index (χ3n) is 4.72. The number of rotatable bonds is 6. The molecule has 0 aromatic heterocycles. The molecule has 0 aliphatic carbocycles. The lowest BCUT2D eigenvalue weighted by molar-refractivity contribution is -0.125. The molecule has 2 aliphatic heterocycles. The number of amides is 2. The predicted octanol–water partition coefficient (Wildman–Crippen LogP) is 3.32. The average Bonchev–Trinajstić information content (AvgIpc) is 3.21. The zero-order chi connectivity index (χ0) is 17.9. The summed E-state index contributed by atoms with van der Waals surface area (Å²) in [5.41, 5.74) is 3.64. The molecule has 26 heavy (non-hydrogen) atoms. The van der Waals surface area contributed by atoms with Gasteiger partial charge in [-0.15, -0.1) is 0 Å². The molecule has 2 aromatic rings. The minimum absolute atomic E-state index is 0.119. The summed E-state index contributed by atoms with van der Waals surface area (Å²) in [5.74, 6) is 0.931. The van der Waals surface area contributed by atoms with Crippen LogP contribution in [0, 0.1) is 0 Å². The molecule has 1 fully saturated rings. The molecule has 0 N–H and O–H groups in total. The largest absolute Gasteiger partial charge is 0.492 e. The number of carbonyl (C=O) groups is 2. The highest BCUT2D eigenvalue weighted by Crippen LogP contribution is 2.27. The van der Waals surface area contributed by atoms with Crippen molar-refractivity contribution in [3.8, 4) is 5.75 Å². The van der Waals surface area contributed by atoms with Gasteiger partial charge in [-0.1, -0.05) is 42.1 Å². The van der Waals surface area contributed by atoms with Crippen LogP contribution in [0.15, 0.2) is 48.5 Å². The van der Waals surface area contributed by atoms with Crippen molar-refractivity contribution in [1.82, 2.24) is 4.90 Å². The first-order chi connectivity index (χ1) is 12.7. The molecule has 0 saturated carbocycles. The first kappa shape index (κ1) is 17.0. The Morgan fingerprint density at radius 2 is 1.85 bits per heavy atom. The third-order valence-corrected chi connectivity index (χ3v) is 5.58. The molecule has 2 amide bonds. The van der Waals surface area contributed by atoms with Crippen LogP contribution >= 0.6 is 11.8 Å². The number of imide groups is 1. The zero-order valence-electron chi connectivity index (χ0n) is 14.4. The summed E-state index contributed by atoms with van der Waals surface area (Å²) in [6, 6.07) is 16.1. The Bertz CT molecular complexity index is 806. The van der Waals surface area contributed by atoms with Crippen LogP contribution < -0.4 is 9.64 Å². The molecule has 6 heteroatoms. The molecule has 2 aliphatic rings. The maximum Gasteiger partial charge on any atom is 0.289 e. The summed E-state index contributed by atoms with van der Waals surface area (Å²) < 4.78 is 5.86. The van der Waals surface area contributed by atoms with Gasteiger partial charge in [0.1, 0.15) is 12.4 Å². The molecular formula is C20H20N2O3S. The van der Waals surface area contributed by atoms with Crippen LogP contribution in [0.2, 0.25) is 0 Å². The molecule has 5 nitrogen and oxygen atoms in total. The zero-order valence-corrected chi connectivity index (χ0v) is 15.2. The van der Waals surface area contributed by atoms with Crippen LogP contribution in [0.25, 0.3) is 0 Å². The normalized spacial score (nSPS) is 16.3. The van der Waals surface area contributed by atoms with E-state index in [1.54, 1.807) is 0 Å². The quantitative estimate of drug-likeness (QED) is 0.783. The van der Waals surface area contributed by atoms with Crippen LogP contribution in [0.3, 0.4) is 0 Å². The van der Waals surface area contributed by atoms with E-state index in [9.17, 15) is 9.59 Å². The molecule has 2 aromatic carbocycles. The number of hydrogen-bond donors (Lipinski definition) is 0. The molecule has 4 rings (SSSR count). The van der Waals surface area contributed by atoms with Gasteiger partial charge in [-0.25, -0.2) is 0 Å². The Hall–Kier alpha value is -2.47. The van der Waals surface area contributed by atoms with Gasteiger partial charge in [-0.05, 0) is 35.7 Å². The van der Waals surface area contributed by atoms with Gasteiger partial charge in [0.25, 0.3) is 5.24 Å².